The molecule has 5 nitrogen and oxygen atoms in total. The average Bonchev–Trinajstić information content (AvgIpc) is 2.97. The molecule has 0 spiro atoms. The van der Waals surface area contributed by atoms with Crippen LogP contribution < -0.4 is 10.6 Å². The number of nitrogens with zero attached hydrogens (tertiary/aromatic N) is 2. The van der Waals surface area contributed by atoms with Gasteiger partial charge < -0.3 is 15.4 Å². The third-order valence-electron chi connectivity index (χ3n) is 4.22. The molecule has 116 valence electrons. The van der Waals surface area contributed by atoms with Crippen LogP contribution in [0, 0.1) is 5.92 Å². The molecule has 1 fully saturated rings. The number of carbonyl (C=O) groups excluding carboxylic acids is 1. The summed E-state index contributed by atoms with van der Waals surface area (Å²) in [6.45, 7) is 5.93. The lowest BCUT2D eigenvalue weighted by atomic mass is 10.0. The molecule has 1 aliphatic rings. The van der Waals surface area contributed by atoms with E-state index in [2.05, 4.69) is 16.8 Å². The lowest BCUT2D eigenvalue weighted by Gasteiger charge is -2.32. The van der Waals surface area contributed by atoms with Gasteiger partial charge in [-0.3, -0.25) is 0 Å². The lowest BCUT2D eigenvalue weighted by molar-refractivity contribution is 0.0526. The van der Waals surface area contributed by atoms with Crippen molar-refractivity contribution >= 4 is 11.8 Å². The molecule has 0 bridgehead atoms. The Morgan fingerprint density at radius 1 is 1.43 bits per heavy atom. The molecule has 0 amide bonds. The largest absolute Gasteiger partial charge is 0.462 e. The molecule has 1 saturated carbocycles. The Bertz CT molecular complexity index is 461. The van der Waals surface area contributed by atoms with Crippen LogP contribution >= 0.6 is 0 Å². The van der Waals surface area contributed by atoms with Crippen molar-refractivity contribution in [3.63, 3.8) is 0 Å². The second-order valence-electron chi connectivity index (χ2n) is 5.41. The smallest absolute Gasteiger partial charge is 0.339 e. The summed E-state index contributed by atoms with van der Waals surface area (Å²) in [6, 6.07) is 4.15. The summed E-state index contributed by atoms with van der Waals surface area (Å²) in [5.74, 6) is 1.13. The maximum absolute atomic E-state index is 11.7. The van der Waals surface area contributed by atoms with Gasteiger partial charge in [0, 0.05) is 18.8 Å². The first-order valence-corrected chi connectivity index (χ1v) is 7.81. The van der Waals surface area contributed by atoms with Crippen LogP contribution in [0.15, 0.2) is 18.3 Å². The summed E-state index contributed by atoms with van der Waals surface area (Å²) >= 11 is 0. The first-order chi connectivity index (χ1) is 10.2. The van der Waals surface area contributed by atoms with E-state index < -0.39 is 0 Å². The second kappa shape index (κ2) is 7.41. The van der Waals surface area contributed by atoms with E-state index in [1.165, 1.54) is 12.8 Å². The van der Waals surface area contributed by atoms with E-state index in [0.29, 0.717) is 24.1 Å². The molecule has 1 aromatic heterocycles. The number of pyridine rings is 1. The fourth-order valence-electron chi connectivity index (χ4n) is 3.16. The van der Waals surface area contributed by atoms with Gasteiger partial charge in [0.05, 0.1) is 12.2 Å². The van der Waals surface area contributed by atoms with Gasteiger partial charge in [0.15, 0.2) is 0 Å². The van der Waals surface area contributed by atoms with Crippen LogP contribution in [-0.4, -0.2) is 36.7 Å². The summed E-state index contributed by atoms with van der Waals surface area (Å²) in [5, 5.41) is 0. The molecule has 0 aromatic carbocycles. The molecule has 0 aliphatic heterocycles. The monoisotopic (exact) mass is 291 g/mol. The highest BCUT2D eigenvalue weighted by molar-refractivity contribution is 5.89. The lowest BCUT2D eigenvalue weighted by Crippen LogP contribution is -2.40. The number of carbonyl (C=O) groups is 1. The summed E-state index contributed by atoms with van der Waals surface area (Å²) in [5.41, 5.74) is 6.38. The van der Waals surface area contributed by atoms with E-state index in [0.717, 1.165) is 25.3 Å². The number of hydrogen-bond donors (Lipinski definition) is 1. The van der Waals surface area contributed by atoms with E-state index in [4.69, 9.17) is 10.5 Å². The van der Waals surface area contributed by atoms with Gasteiger partial charge in [-0.15, -0.1) is 0 Å². The van der Waals surface area contributed by atoms with Crippen LogP contribution in [0.5, 0.6) is 0 Å². The SMILES string of the molecule is CCOC(=O)c1ccc(N(CC)C2CCCC2CN)nc1. The fraction of sp³-hybridized carbons (Fsp3) is 0.625. The van der Waals surface area contributed by atoms with Gasteiger partial charge in [0.2, 0.25) is 0 Å². The van der Waals surface area contributed by atoms with E-state index in [1.54, 1.807) is 19.2 Å². The normalized spacial score (nSPS) is 21.3. The Morgan fingerprint density at radius 3 is 2.81 bits per heavy atom. The van der Waals surface area contributed by atoms with Crippen molar-refractivity contribution in [1.29, 1.82) is 0 Å². The number of aromatic nitrogens is 1. The van der Waals surface area contributed by atoms with Gasteiger partial charge in [-0.1, -0.05) is 6.42 Å². The summed E-state index contributed by atoms with van der Waals surface area (Å²) in [7, 11) is 0. The van der Waals surface area contributed by atoms with Crippen LogP contribution in [0.1, 0.15) is 43.5 Å². The molecule has 0 radical (unpaired) electrons. The van der Waals surface area contributed by atoms with Crippen molar-refractivity contribution in [3.8, 4) is 0 Å². The molecule has 0 saturated heterocycles. The summed E-state index contributed by atoms with van der Waals surface area (Å²) in [4.78, 5) is 18.4. The van der Waals surface area contributed by atoms with Gasteiger partial charge in [-0.05, 0) is 51.3 Å². The standard InChI is InChI=1S/C16H25N3O2/c1-3-19(14-7-5-6-12(14)10-17)15-9-8-13(11-18-15)16(20)21-4-2/h8-9,11-12,14H,3-7,10,17H2,1-2H3. The average molecular weight is 291 g/mol. The van der Waals surface area contributed by atoms with Gasteiger partial charge in [0.25, 0.3) is 0 Å². The zero-order valence-corrected chi connectivity index (χ0v) is 12.9. The van der Waals surface area contributed by atoms with Gasteiger partial charge in [-0.25, -0.2) is 9.78 Å². The highest BCUT2D eigenvalue weighted by Crippen LogP contribution is 2.31. The van der Waals surface area contributed by atoms with E-state index in [1.807, 2.05) is 6.07 Å². The Labute approximate surface area is 126 Å². The predicted octanol–water partition coefficient (Wildman–Crippen LogP) is 2.21. The van der Waals surface area contributed by atoms with Crippen LogP contribution in [0.3, 0.4) is 0 Å². The van der Waals surface area contributed by atoms with Crippen molar-refractivity contribution < 1.29 is 9.53 Å². The molecule has 1 heterocycles. The van der Waals surface area contributed by atoms with Crippen LogP contribution in [0.25, 0.3) is 0 Å². The first kappa shape index (κ1) is 15.8. The molecule has 1 aliphatic carbocycles. The molecule has 2 N–H and O–H groups in total. The molecular formula is C16H25N3O2. The zero-order chi connectivity index (χ0) is 15.2. The zero-order valence-electron chi connectivity index (χ0n) is 12.9. The van der Waals surface area contributed by atoms with Crippen LogP contribution in [-0.2, 0) is 4.74 Å². The minimum absolute atomic E-state index is 0.319. The van der Waals surface area contributed by atoms with E-state index in [9.17, 15) is 4.79 Å². The molecule has 21 heavy (non-hydrogen) atoms. The molecule has 1 aromatic rings. The molecule has 2 rings (SSSR count). The Morgan fingerprint density at radius 2 is 2.24 bits per heavy atom. The maximum Gasteiger partial charge on any atom is 0.339 e. The topological polar surface area (TPSA) is 68.5 Å². The van der Waals surface area contributed by atoms with E-state index >= 15 is 0 Å². The van der Waals surface area contributed by atoms with E-state index in [-0.39, 0.29) is 5.97 Å². The predicted molar refractivity (Wildman–Crippen MR) is 83.4 cm³/mol. The minimum atomic E-state index is -0.319. The summed E-state index contributed by atoms with van der Waals surface area (Å²) < 4.78 is 4.98. The van der Waals surface area contributed by atoms with Crippen molar-refractivity contribution in [3.05, 3.63) is 23.9 Å². The molecule has 2 atom stereocenters. The number of ether oxygens (including phenoxy) is 1. The number of nitrogens with two attached hydrogens (primary N) is 1. The third kappa shape index (κ3) is 3.53. The van der Waals surface area contributed by atoms with Gasteiger partial charge in [0.1, 0.15) is 5.82 Å². The Kier molecular flexibility index (Phi) is 5.56. The van der Waals surface area contributed by atoms with Crippen molar-refractivity contribution in [1.82, 2.24) is 4.98 Å². The number of esters is 1. The third-order valence-corrected chi connectivity index (χ3v) is 4.22. The highest BCUT2D eigenvalue weighted by Gasteiger charge is 2.31. The quantitative estimate of drug-likeness (QED) is 0.814. The second-order valence-corrected chi connectivity index (χ2v) is 5.41. The number of anilines is 1. The number of hydrogen-bond acceptors (Lipinski definition) is 5. The Hall–Kier alpha value is -1.62. The molecular weight excluding hydrogens is 266 g/mol. The van der Waals surface area contributed by atoms with Gasteiger partial charge in [-0.2, -0.15) is 0 Å². The van der Waals surface area contributed by atoms with Crippen LogP contribution in [0.4, 0.5) is 5.82 Å². The summed E-state index contributed by atoms with van der Waals surface area (Å²) in [6.07, 6.45) is 5.18. The van der Waals surface area contributed by atoms with Crippen LogP contribution in [0.2, 0.25) is 0 Å². The number of rotatable bonds is 6. The minimum Gasteiger partial charge on any atom is -0.462 e. The van der Waals surface area contributed by atoms with Crippen molar-refractivity contribution in [2.24, 2.45) is 11.7 Å². The maximum atomic E-state index is 11.7. The molecule has 5 heteroatoms. The Balaban J connectivity index is 2.13. The van der Waals surface area contributed by atoms with Gasteiger partial charge >= 0.3 is 5.97 Å². The first-order valence-electron chi connectivity index (χ1n) is 7.81. The van der Waals surface area contributed by atoms with Crippen molar-refractivity contribution in [2.75, 3.05) is 24.6 Å². The molecule has 2 unspecified atom stereocenters. The van der Waals surface area contributed by atoms with Crippen molar-refractivity contribution in [2.45, 2.75) is 39.2 Å². The highest BCUT2D eigenvalue weighted by atomic mass is 16.5. The fourth-order valence-corrected chi connectivity index (χ4v) is 3.16.